The molecule has 2 heterocycles. The molecule has 0 unspecified atom stereocenters. The lowest BCUT2D eigenvalue weighted by atomic mass is 10.0. The molecular weight excluding hydrogens is 511 g/mol. The van der Waals surface area contributed by atoms with Gasteiger partial charge in [-0.05, 0) is 60.3 Å². The zero-order chi connectivity index (χ0) is 27.4. The predicted octanol–water partition coefficient (Wildman–Crippen LogP) is 2.71. The highest BCUT2D eigenvalue weighted by Crippen LogP contribution is 2.34. The van der Waals surface area contributed by atoms with Gasteiger partial charge in [-0.3, -0.25) is 19.3 Å². The fourth-order valence-electron chi connectivity index (χ4n) is 4.24. The second kappa shape index (κ2) is 11.6. The Bertz CT molecular complexity index is 1320. The highest BCUT2D eigenvalue weighted by molar-refractivity contribution is 7.09. The number of benzene rings is 2. The van der Waals surface area contributed by atoms with Crippen LogP contribution in [0.4, 0.5) is 21.5 Å². The number of carbonyl (C=O) groups excluding carboxylic acids is 3. The number of hydrogen-bond acceptors (Lipinski definition) is 8. The van der Waals surface area contributed by atoms with E-state index in [0.717, 1.165) is 29.5 Å². The normalized spacial score (nSPS) is 15.6. The molecule has 200 valence electrons. The number of nitrogens with one attached hydrogen (secondary N) is 1. The van der Waals surface area contributed by atoms with Gasteiger partial charge in [-0.25, -0.2) is 4.39 Å². The molecule has 0 spiro atoms. The Morgan fingerprint density at radius 1 is 1.18 bits per heavy atom. The van der Waals surface area contributed by atoms with E-state index in [0.29, 0.717) is 23.7 Å². The Morgan fingerprint density at radius 2 is 1.92 bits per heavy atom. The maximum Gasteiger partial charge on any atom is 0.273 e. The fourth-order valence-corrected chi connectivity index (χ4v) is 4.98. The maximum absolute atomic E-state index is 14.4. The van der Waals surface area contributed by atoms with E-state index in [1.807, 2.05) is 31.1 Å². The van der Waals surface area contributed by atoms with Gasteiger partial charge in [0.15, 0.2) is 5.69 Å². The fraction of sp³-hybridized carbons (Fsp3) is 0.308. The molecule has 1 aliphatic rings. The summed E-state index contributed by atoms with van der Waals surface area (Å²) in [6.07, 6.45) is 1.57. The van der Waals surface area contributed by atoms with Crippen LogP contribution in [0.5, 0.6) is 0 Å². The molecular formula is C26H29FN6O4S. The molecule has 4 rings (SSSR count). The van der Waals surface area contributed by atoms with Gasteiger partial charge in [0.25, 0.3) is 11.8 Å². The van der Waals surface area contributed by atoms with E-state index in [-0.39, 0.29) is 34.6 Å². The standard InChI is InChI=1S/C26H29FN6O4S/c1-32(2)17-10-8-15(9-11-17)22(25(35)30-14-19-7-4-12-37-19)33(18-6-3-5-16(27)13-18)26(36)23-20(28)21(24(29)34)31-38-23/h3,5-6,8-11,13,19,22H,4,7,12,14,28H2,1-2H3,(H2,29,34)(H,30,35)/t19-,22-/m1/s1. The molecule has 38 heavy (non-hydrogen) atoms. The molecule has 3 amide bonds. The zero-order valence-corrected chi connectivity index (χ0v) is 21.8. The minimum atomic E-state index is -1.21. The van der Waals surface area contributed by atoms with Gasteiger partial charge in [0.1, 0.15) is 16.7 Å². The lowest BCUT2D eigenvalue weighted by Crippen LogP contribution is -2.45. The van der Waals surface area contributed by atoms with Gasteiger partial charge in [0.2, 0.25) is 5.91 Å². The molecule has 2 atom stereocenters. The lowest BCUT2D eigenvalue weighted by Gasteiger charge is -2.32. The van der Waals surface area contributed by atoms with Crippen LogP contribution in [-0.2, 0) is 9.53 Å². The summed E-state index contributed by atoms with van der Waals surface area (Å²) in [6.45, 7) is 0.877. The van der Waals surface area contributed by atoms with E-state index in [2.05, 4.69) is 9.69 Å². The van der Waals surface area contributed by atoms with Crippen LogP contribution in [0.2, 0.25) is 0 Å². The number of ether oxygens (including phenoxy) is 1. The Kier molecular flexibility index (Phi) is 8.23. The summed E-state index contributed by atoms with van der Waals surface area (Å²) in [5, 5.41) is 2.89. The minimum Gasteiger partial charge on any atom is -0.395 e. The van der Waals surface area contributed by atoms with E-state index in [9.17, 15) is 18.8 Å². The third-order valence-electron chi connectivity index (χ3n) is 6.22. The largest absolute Gasteiger partial charge is 0.395 e. The molecule has 0 bridgehead atoms. The second-order valence-corrected chi connectivity index (χ2v) is 9.84. The SMILES string of the molecule is CN(C)c1ccc([C@H](C(=O)NC[C@H]2CCCO2)N(C(=O)c2snc(C(N)=O)c2N)c2cccc(F)c2)cc1. The van der Waals surface area contributed by atoms with Gasteiger partial charge in [0.05, 0.1) is 11.8 Å². The highest BCUT2D eigenvalue weighted by atomic mass is 32.1. The van der Waals surface area contributed by atoms with Crippen LogP contribution in [0.15, 0.2) is 48.5 Å². The number of nitrogen functional groups attached to an aromatic ring is 1. The van der Waals surface area contributed by atoms with Crippen molar-refractivity contribution in [3.05, 3.63) is 70.5 Å². The van der Waals surface area contributed by atoms with E-state index >= 15 is 0 Å². The first-order chi connectivity index (χ1) is 18.2. The maximum atomic E-state index is 14.4. The number of aromatic nitrogens is 1. The van der Waals surface area contributed by atoms with Crippen LogP contribution in [0.1, 0.15) is 44.6 Å². The van der Waals surface area contributed by atoms with Crippen molar-refractivity contribution in [3.8, 4) is 0 Å². The molecule has 1 aromatic heterocycles. The molecule has 10 nitrogen and oxygen atoms in total. The van der Waals surface area contributed by atoms with Crippen molar-refractivity contribution in [2.75, 3.05) is 42.8 Å². The number of nitrogens with two attached hydrogens (primary N) is 2. The Morgan fingerprint density at radius 3 is 2.50 bits per heavy atom. The van der Waals surface area contributed by atoms with Gasteiger partial charge >= 0.3 is 0 Å². The minimum absolute atomic E-state index is 0.0927. The van der Waals surface area contributed by atoms with Crippen LogP contribution < -0.4 is 26.6 Å². The van der Waals surface area contributed by atoms with Gasteiger partial charge in [-0.2, -0.15) is 4.37 Å². The number of primary amides is 1. The Balaban J connectivity index is 1.82. The molecule has 2 aromatic carbocycles. The van der Waals surface area contributed by atoms with Crippen molar-refractivity contribution < 1.29 is 23.5 Å². The number of hydrogen-bond donors (Lipinski definition) is 3. The topological polar surface area (TPSA) is 144 Å². The van der Waals surface area contributed by atoms with E-state index in [1.54, 1.807) is 12.1 Å². The van der Waals surface area contributed by atoms with Crippen LogP contribution in [0.3, 0.4) is 0 Å². The molecule has 3 aromatic rings. The molecule has 0 aliphatic carbocycles. The number of carbonyl (C=O) groups is 3. The summed E-state index contributed by atoms with van der Waals surface area (Å²) < 4.78 is 23.9. The number of nitrogens with zero attached hydrogens (tertiary/aromatic N) is 3. The van der Waals surface area contributed by atoms with Gasteiger partial charge < -0.3 is 26.4 Å². The van der Waals surface area contributed by atoms with Gasteiger partial charge in [-0.1, -0.05) is 18.2 Å². The first-order valence-electron chi connectivity index (χ1n) is 12.0. The van der Waals surface area contributed by atoms with Crippen molar-refractivity contribution in [1.82, 2.24) is 9.69 Å². The third-order valence-corrected chi connectivity index (χ3v) is 7.07. The Hall–Kier alpha value is -4.03. The smallest absolute Gasteiger partial charge is 0.273 e. The number of halogens is 1. The number of anilines is 3. The van der Waals surface area contributed by atoms with Crippen LogP contribution >= 0.6 is 11.5 Å². The monoisotopic (exact) mass is 540 g/mol. The molecule has 12 heteroatoms. The van der Waals surface area contributed by atoms with E-state index in [4.69, 9.17) is 16.2 Å². The number of rotatable bonds is 9. The van der Waals surface area contributed by atoms with Gasteiger partial charge in [-0.15, -0.1) is 0 Å². The molecule has 1 fully saturated rings. The summed E-state index contributed by atoms with van der Waals surface area (Å²) >= 11 is 0.685. The molecule has 0 radical (unpaired) electrons. The van der Waals surface area contributed by atoms with Crippen LogP contribution in [0.25, 0.3) is 0 Å². The highest BCUT2D eigenvalue weighted by Gasteiger charge is 2.36. The second-order valence-electron chi connectivity index (χ2n) is 9.06. The van der Waals surface area contributed by atoms with Crippen molar-refractivity contribution in [2.24, 2.45) is 5.73 Å². The average molecular weight is 541 g/mol. The summed E-state index contributed by atoms with van der Waals surface area (Å²) in [7, 11) is 3.76. The van der Waals surface area contributed by atoms with Crippen molar-refractivity contribution >= 4 is 46.3 Å². The first-order valence-corrected chi connectivity index (χ1v) is 12.8. The van der Waals surface area contributed by atoms with Crippen LogP contribution in [-0.4, -0.2) is 55.4 Å². The molecule has 1 aliphatic heterocycles. The summed E-state index contributed by atoms with van der Waals surface area (Å²) in [4.78, 5) is 42.5. The predicted molar refractivity (Wildman–Crippen MR) is 144 cm³/mol. The lowest BCUT2D eigenvalue weighted by molar-refractivity contribution is -0.123. The first kappa shape index (κ1) is 27.0. The third kappa shape index (κ3) is 5.76. The zero-order valence-electron chi connectivity index (χ0n) is 21.0. The van der Waals surface area contributed by atoms with Crippen LogP contribution in [0, 0.1) is 5.82 Å². The molecule has 5 N–H and O–H groups in total. The quantitative estimate of drug-likeness (QED) is 0.379. The van der Waals surface area contributed by atoms with Gasteiger partial charge in [0, 0.05) is 38.6 Å². The van der Waals surface area contributed by atoms with E-state index < -0.39 is 29.6 Å². The van der Waals surface area contributed by atoms with E-state index in [1.165, 1.54) is 18.2 Å². The Labute approximate surface area is 223 Å². The molecule has 0 saturated carbocycles. The summed E-state index contributed by atoms with van der Waals surface area (Å²) in [6, 6.07) is 11.2. The average Bonchev–Trinajstić information content (AvgIpc) is 3.55. The molecule has 1 saturated heterocycles. The summed E-state index contributed by atoms with van der Waals surface area (Å²) in [5.41, 5.74) is 12.5. The summed E-state index contributed by atoms with van der Waals surface area (Å²) in [5.74, 6) is -2.71. The van der Waals surface area contributed by atoms with Crippen molar-refractivity contribution in [2.45, 2.75) is 25.0 Å². The van der Waals surface area contributed by atoms with Crippen molar-refractivity contribution in [3.63, 3.8) is 0 Å². The number of amides is 3. The van der Waals surface area contributed by atoms with Crippen molar-refractivity contribution in [1.29, 1.82) is 0 Å².